The summed E-state index contributed by atoms with van der Waals surface area (Å²) in [5.74, 6) is -0.0241. The molecule has 0 amide bonds. The summed E-state index contributed by atoms with van der Waals surface area (Å²) >= 11 is 1.79. The van der Waals surface area contributed by atoms with Gasteiger partial charge in [-0.25, -0.2) is 4.79 Å². The molecule has 0 fully saturated rings. The summed E-state index contributed by atoms with van der Waals surface area (Å²) in [5, 5.41) is 8.88. The lowest BCUT2D eigenvalue weighted by atomic mass is 10.2. The Hall–Kier alpha value is -1.94. The van der Waals surface area contributed by atoms with Crippen LogP contribution in [-0.4, -0.2) is 17.0 Å². The molecule has 0 atom stereocenters. The number of benzene rings is 2. The van der Waals surface area contributed by atoms with Crippen molar-refractivity contribution in [3.63, 3.8) is 0 Å². The molecule has 0 radical (unpaired) electrons. The smallest absolute Gasteiger partial charge is 0.335 e. The molecule has 0 aliphatic carbocycles. The number of para-hydroxylation sites is 1. The summed E-state index contributed by atoms with van der Waals surface area (Å²) in [7, 11) is 0. The first-order chi connectivity index (χ1) is 8.75. The first-order valence-corrected chi connectivity index (χ1v) is 6.57. The highest BCUT2D eigenvalue weighted by atomic mass is 32.2. The van der Waals surface area contributed by atoms with Gasteiger partial charge in [0, 0.05) is 10.6 Å². The lowest BCUT2D eigenvalue weighted by Gasteiger charge is -2.18. The Morgan fingerprint density at radius 3 is 2.56 bits per heavy atom. The molecule has 1 aliphatic heterocycles. The van der Waals surface area contributed by atoms with Crippen molar-refractivity contribution in [3.8, 4) is 0 Å². The molecule has 3 nitrogen and oxygen atoms in total. The SMILES string of the molecule is O=C(O)c1ccc(N2CSc3ccccc32)cc1. The highest BCUT2D eigenvalue weighted by Crippen LogP contribution is 2.42. The second-order valence-electron chi connectivity index (χ2n) is 4.02. The monoisotopic (exact) mass is 257 g/mol. The maximum absolute atomic E-state index is 10.8. The average molecular weight is 257 g/mol. The van der Waals surface area contributed by atoms with Crippen molar-refractivity contribution in [3.05, 3.63) is 54.1 Å². The minimum absolute atomic E-state index is 0.318. The molecule has 0 unspecified atom stereocenters. The van der Waals surface area contributed by atoms with Crippen LogP contribution < -0.4 is 4.90 Å². The van der Waals surface area contributed by atoms with Crippen LogP contribution in [0.5, 0.6) is 0 Å². The first kappa shape index (κ1) is 11.2. The van der Waals surface area contributed by atoms with Crippen LogP contribution in [0, 0.1) is 0 Å². The van der Waals surface area contributed by atoms with Crippen LogP contribution in [0.15, 0.2) is 53.4 Å². The van der Waals surface area contributed by atoms with E-state index in [9.17, 15) is 4.79 Å². The first-order valence-electron chi connectivity index (χ1n) is 5.58. The Balaban J connectivity index is 1.95. The van der Waals surface area contributed by atoms with Crippen molar-refractivity contribution in [2.75, 3.05) is 10.8 Å². The van der Waals surface area contributed by atoms with Crippen LogP contribution in [0.3, 0.4) is 0 Å². The molecule has 3 rings (SSSR count). The number of fused-ring (bicyclic) bond motifs is 1. The molecular weight excluding hydrogens is 246 g/mol. The van der Waals surface area contributed by atoms with Gasteiger partial charge < -0.3 is 10.0 Å². The van der Waals surface area contributed by atoms with E-state index in [2.05, 4.69) is 17.0 Å². The number of hydrogen-bond acceptors (Lipinski definition) is 3. The largest absolute Gasteiger partial charge is 0.478 e. The van der Waals surface area contributed by atoms with Crippen molar-refractivity contribution in [2.24, 2.45) is 0 Å². The highest BCUT2D eigenvalue weighted by Gasteiger charge is 2.20. The van der Waals surface area contributed by atoms with Gasteiger partial charge in [-0.05, 0) is 36.4 Å². The number of thioether (sulfide) groups is 1. The van der Waals surface area contributed by atoms with Gasteiger partial charge in [-0.2, -0.15) is 0 Å². The second-order valence-corrected chi connectivity index (χ2v) is 5.01. The minimum Gasteiger partial charge on any atom is -0.478 e. The zero-order valence-corrected chi connectivity index (χ0v) is 10.4. The van der Waals surface area contributed by atoms with Crippen LogP contribution in [0.4, 0.5) is 11.4 Å². The van der Waals surface area contributed by atoms with E-state index in [1.54, 1.807) is 23.9 Å². The van der Waals surface area contributed by atoms with Crippen molar-refractivity contribution in [1.82, 2.24) is 0 Å². The molecule has 0 saturated carbocycles. The summed E-state index contributed by atoms with van der Waals surface area (Å²) in [5.41, 5.74) is 2.53. The topological polar surface area (TPSA) is 40.5 Å². The molecule has 4 heteroatoms. The van der Waals surface area contributed by atoms with E-state index in [4.69, 9.17) is 5.11 Å². The number of hydrogen-bond donors (Lipinski definition) is 1. The van der Waals surface area contributed by atoms with Crippen LogP contribution in [0.2, 0.25) is 0 Å². The van der Waals surface area contributed by atoms with E-state index in [1.165, 1.54) is 10.6 Å². The summed E-state index contributed by atoms with van der Waals surface area (Å²) in [6.45, 7) is 0. The fourth-order valence-corrected chi connectivity index (χ4v) is 3.06. The van der Waals surface area contributed by atoms with E-state index in [0.29, 0.717) is 5.56 Å². The molecule has 1 aliphatic rings. The highest BCUT2D eigenvalue weighted by molar-refractivity contribution is 7.99. The summed E-state index contributed by atoms with van der Waals surface area (Å²) in [6, 6.07) is 15.2. The standard InChI is InChI=1S/C14H11NO2S/c16-14(17)10-5-7-11(8-6-10)15-9-18-13-4-2-1-3-12(13)15/h1-8H,9H2,(H,16,17). The summed E-state index contributed by atoms with van der Waals surface area (Å²) in [6.07, 6.45) is 0. The van der Waals surface area contributed by atoms with Crippen molar-refractivity contribution >= 4 is 29.1 Å². The van der Waals surface area contributed by atoms with Gasteiger partial charge in [0.05, 0.1) is 17.1 Å². The molecule has 2 aromatic carbocycles. The zero-order valence-electron chi connectivity index (χ0n) is 9.54. The molecule has 0 spiro atoms. The van der Waals surface area contributed by atoms with Crippen LogP contribution in [0.25, 0.3) is 0 Å². The quantitative estimate of drug-likeness (QED) is 0.892. The van der Waals surface area contributed by atoms with Gasteiger partial charge in [-0.1, -0.05) is 12.1 Å². The Kier molecular flexibility index (Phi) is 2.72. The number of aromatic carboxylic acids is 1. The molecule has 90 valence electrons. The number of rotatable bonds is 2. The van der Waals surface area contributed by atoms with Crippen LogP contribution >= 0.6 is 11.8 Å². The Morgan fingerprint density at radius 1 is 1.11 bits per heavy atom. The average Bonchev–Trinajstić information content (AvgIpc) is 2.82. The number of carbonyl (C=O) groups is 1. The van der Waals surface area contributed by atoms with Gasteiger partial charge in [-0.15, -0.1) is 11.8 Å². The van der Waals surface area contributed by atoms with E-state index >= 15 is 0 Å². The maximum Gasteiger partial charge on any atom is 0.335 e. The fraction of sp³-hybridized carbons (Fsp3) is 0.0714. The summed E-state index contributed by atoms with van der Waals surface area (Å²) < 4.78 is 0. The van der Waals surface area contributed by atoms with Crippen LogP contribution in [0.1, 0.15) is 10.4 Å². The Bertz CT molecular complexity index is 595. The van der Waals surface area contributed by atoms with Gasteiger partial charge in [0.15, 0.2) is 0 Å². The third-order valence-electron chi connectivity index (χ3n) is 2.93. The zero-order chi connectivity index (χ0) is 12.5. The van der Waals surface area contributed by atoms with E-state index in [1.807, 2.05) is 24.3 Å². The van der Waals surface area contributed by atoms with Gasteiger partial charge >= 0.3 is 5.97 Å². The molecule has 1 N–H and O–H groups in total. The number of carboxylic acid groups (broad SMARTS) is 1. The molecule has 18 heavy (non-hydrogen) atoms. The van der Waals surface area contributed by atoms with Crippen molar-refractivity contribution < 1.29 is 9.90 Å². The fourth-order valence-electron chi connectivity index (χ4n) is 2.00. The third kappa shape index (κ3) is 1.84. The van der Waals surface area contributed by atoms with E-state index in [-0.39, 0.29) is 0 Å². The van der Waals surface area contributed by atoms with Gasteiger partial charge in [0.25, 0.3) is 0 Å². The summed E-state index contributed by atoms with van der Waals surface area (Å²) in [4.78, 5) is 14.3. The van der Waals surface area contributed by atoms with Crippen LogP contribution in [-0.2, 0) is 0 Å². The van der Waals surface area contributed by atoms with Gasteiger partial charge in [-0.3, -0.25) is 0 Å². The lowest BCUT2D eigenvalue weighted by Crippen LogP contribution is -2.11. The molecule has 1 heterocycles. The maximum atomic E-state index is 10.8. The predicted molar refractivity (Wildman–Crippen MR) is 72.7 cm³/mol. The normalized spacial score (nSPS) is 13.4. The predicted octanol–water partition coefficient (Wildman–Crippen LogP) is 3.59. The number of carboxylic acids is 1. The third-order valence-corrected chi connectivity index (χ3v) is 3.97. The van der Waals surface area contributed by atoms with Gasteiger partial charge in [0.1, 0.15) is 0 Å². The van der Waals surface area contributed by atoms with Gasteiger partial charge in [0.2, 0.25) is 0 Å². The van der Waals surface area contributed by atoms with E-state index < -0.39 is 5.97 Å². The molecular formula is C14H11NO2S. The Labute approximate surface area is 109 Å². The molecule has 0 saturated heterocycles. The molecule has 2 aromatic rings. The molecule has 0 bridgehead atoms. The second kappa shape index (κ2) is 4.38. The number of nitrogens with zero attached hydrogens (tertiary/aromatic N) is 1. The van der Waals surface area contributed by atoms with E-state index in [0.717, 1.165) is 11.6 Å². The van der Waals surface area contributed by atoms with Crippen molar-refractivity contribution in [1.29, 1.82) is 0 Å². The Morgan fingerprint density at radius 2 is 1.83 bits per heavy atom. The lowest BCUT2D eigenvalue weighted by molar-refractivity contribution is 0.0697. The number of anilines is 2. The van der Waals surface area contributed by atoms with Crippen molar-refractivity contribution in [2.45, 2.75) is 4.90 Å². The minimum atomic E-state index is -0.891. The molecule has 0 aromatic heterocycles.